The fourth-order valence-electron chi connectivity index (χ4n) is 2.32. The second-order valence-corrected chi connectivity index (χ2v) is 5.76. The summed E-state index contributed by atoms with van der Waals surface area (Å²) in [5.74, 6) is 0. The zero-order valence-corrected chi connectivity index (χ0v) is 11.0. The molecule has 3 atom stereocenters. The van der Waals surface area contributed by atoms with Crippen molar-refractivity contribution >= 4 is 6.09 Å². The van der Waals surface area contributed by atoms with Gasteiger partial charge >= 0.3 is 6.09 Å². The Morgan fingerprint density at radius 3 is 2.76 bits per heavy atom. The van der Waals surface area contributed by atoms with Gasteiger partial charge in [0, 0.05) is 6.42 Å². The first-order chi connectivity index (χ1) is 7.87. The van der Waals surface area contributed by atoms with Crippen molar-refractivity contribution in [3.05, 3.63) is 12.2 Å². The molecule has 17 heavy (non-hydrogen) atoms. The highest BCUT2D eigenvalue weighted by atomic mass is 16.6. The van der Waals surface area contributed by atoms with E-state index in [1.807, 2.05) is 27.7 Å². The number of amides is 1. The molecule has 2 rings (SSSR count). The summed E-state index contributed by atoms with van der Waals surface area (Å²) in [6.45, 7) is 7.68. The quantitative estimate of drug-likeness (QED) is 0.610. The Kier molecular flexibility index (Phi) is 3.17. The molecule has 2 heterocycles. The molecule has 0 spiro atoms. The minimum atomic E-state index is -0.460. The molecule has 1 saturated heterocycles. The van der Waals surface area contributed by atoms with E-state index in [1.165, 1.54) is 0 Å². The number of nitrogens with zero attached hydrogens (tertiary/aromatic N) is 1. The predicted molar refractivity (Wildman–Crippen MR) is 64.6 cm³/mol. The van der Waals surface area contributed by atoms with E-state index in [1.54, 1.807) is 4.90 Å². The number of carbonyl (C=O) groups is 1. The molecule has 0 aromatic carbocycles. The van der Waals surface area contributed by atoms with Crippen LogP contribution < -0.4 is 0 Å². The van der Waals surface area contributed by atoms with Crippen LogP contribution in [0.25, 0.3) is 0 Å². The highest BCUT2D eigenvalue weighted by Crippen LogP contribution is 2.30. The van der Waals surface area contributed by atoms with Crippen molar-refractivity contribution in [2.24, 2.45) is 0 Å². The molecule has 0 saturated carbocycles. The number of fused-ring (bicyclic) bond motifs is 2. The zero-order chi connectivity index (χ0) is 12.6. The van der Waals surface area contributed by atoms with Gasteiger partial charge in [-0.15, -0.1) is 0 Å². The lowest BCUT2D eigenvalue weighted by Crippen LogP contribution is -2.56. The van der Waals surface area contributed by atoms with Crippen molar-refractivity contribution in [2.75, 3.05) is 0 Å². The third-order valence-corrected chi connectivity index (χ3v) is 2.93. The number of carbonyl (C=O) groups excluding carboxylic acids is 1. The molecule has 2 aliphatic heterocycles. The SMILES string of the molecule is CC1C[C@@H]2C=CC[C@H](O1)N2C(=O)OC(C)(C)C. The standard InChI is InChI=1S/C13H21NO3/c1-9-8-10-6-5-7-11(16-9)14(10)12(15)17-13(2,3)4/h5-6,9-11H,7-8H2,1-4H3/t9?,10-,11-/m0/s1. The molecule has 0 radical (unpaired) electrons. The van der Waals surface area contributed by atoms with E-state index in [2.05, 4.69) is 12.2 Å². The predicted octanol–water partition coefficient (Wildman–Crippen LogP) is 2.69. The van der Waals surface area contributed by atoms with Gasteiger partial charge in [-0.05, 0) is 34.1 Å². The summed E-state index contributed by atoms with van der Waals surface area (Å²) in [6, 6.07) is 0.118. The maximum absolute atomic E-state index is 12.1. The van der Waals surface area contributed by atoms with Crippen LogP contribution in [0.5, 0.6) is 0 Å². The molecule has 0 aromatic heterocycles. The van der Waals surface area contributed by atoms with E-state index in [-0.39, 0.29) is 24.5 Å². The first-order valence-corrected chi connectivity index (χ1v) is 6.20. The smallest absolute Gasteiger partial charge is 0.412 e. The normalized spacial score (nSPS) is 32.5. The van der Waals surface area contributed by atoms with Gasteiger partial charge in [0.1, 0.15) is 11.8 Å². The summed E-state index contributed by atoms with van der Waals surface area (Å²) >= 11 is 0. The summed E-state index contributed by atoms with van der Waals surface area (Å²) in [5.41, 5.74) is -0.460. The summed E-state index contributed by atoms with van der Waals surface area (Å²) < 4.78 is 11.2. The molecule has 2 aliphatic rings. The van der Waals surface area contributed by atoms with E-state index in [9.17, 15) is 4.79 Å². The summed E-state index contributed by atoms with van der Waals surface area (Å²) in [4.78, 5) is 13.9. The van der Waals surface area contributed by atoms with Crippen LogP contribution >= 0.6 is 0 Å². The third kappa shape index (κ3) is 2.80. The molecule has 4 heteroatoms. The summed E-state index contributed by atoms with van der Waals surface area (Å²) in [5, 5.41) is 0. The fourth-order valence-corrected chi connectivity index (χ4v) is 2.32. The van der Waals surface area contributed by atoms with Gasteiger partial charge in [-0.3, -0.25) is 4.90 Å². The first-order valence-electron chi connectivity index (χ1n) is 6.20. The average molecular weight is 239 g/mol. The molecule has 96 valence electrons. The Hall–Kier alpha value is -1.03. The van der Waals surface area contributed by atoms with Crippen molar-refractivity contribution in [1.82, 2.24) is 4.90 Å². The molecule has 1 unspecified atom stereocenters. The number of hydrogen-bond acceptors (Lipinski definition) is 3. The van der Waals surface area contributed by atoms with Crippen LogP contribution in [0.3, 0.4) is 0 Å². The van der Waals surface area contributed by atoms with Crippen LogP contribution in [0.4, 0.5) is 4.79 Å². The lowest BCUT2D eigenvalue weighted by atomic mass is 10.0. The average Bonchev–Trinajstić information content (AvgIpc) is 2.12. The monoisotopic (exact) mass is 239 g/mol. The molecule has 1 amide bonds. The van der Waals surface area contributed by atoms with E-state index in [4.69, 9.17) is 9.47 Å². The van der Waals surface area contributed by atoms with Crippen LogP contribution in [-0.4, -0.2) is 35.0 Å². The Labute approximate surface area is 103 Å². The van der Waals surface area contributed by atoms with Crippen LogP contribution in [0.1, 0.15) is 40.5 Å². The van der Waals surface area contributed by atoms with Gasteiger partial charge in [0.05, 0.1) is 12.1 Å². The molecular formula is C13H21NO3. The minimum Gasteiger partial charge on any atom is -0.444 e. The van der Waals surface area contributed by atoms with Crippen LogP contribution in [0.15, 0.2) is 12.2 Å². The van der Waals surface area contributed by atoms with Gasteiger partial charge in [-0.1, -0.05) is 12.2 Å². The van der Waals surface area contributed by atoms with E-state index in [0.717, 1.165) is 12.8 Å². The lowest BCUT2D eigenvalue weighted by molar-refractivity contribution is -0.144. The second-order valence-electron chi connectivity index (χ2n) is 5.76. The molecule has 0 N–H and O–H groups in total. The van der Waals surface area contributed by atoms with Gasteiger partial charge in [0.25, 0.3) is 0 Å². The maximum Gasteiger partial charge on any atom is 0.412 e. The molecule has 0 aliphatic carbocycles. The van der Waals surface area contributed by atoms with Crippen molar-refractivity contribution in [3.63, 3.8) is 0 Å². The zero-order valence-electron chi connectivity index (χ0n) is 11.0. The first kappa shape index (κ1) is 12.4. The molecule has 2 bridgehead atoms. The minimum absolute atomic E-state index is 0.118. The lowest BCUT2D eigenvalue weighted by Gasteiger charge is -2.45. The number of rotatable bonds is 0. The molecule has 4 nitrogen and oxygen atoms in total. The Balaban J connectivity index is 2.11. The topological polar surface area (TPSA) is 38.8 Å². The Bertz CT molecular complexity index is 332. The Morgan fingerprint density at radius 1 is 1.47 bits per heavy atom. The van der Waals surface area contributed by atoms with Crippen LogP contribution in [0.2, 0.25) is 0 Å². The summed E-state index contributed by atoms with van der Waals surface area (Å²) in [6.07, 6.45) is 5.52. The highest BCUT2D eigenvalue weighted by molar-refractivity contribution is 5.69. The van der Waals surface area contributed by atoms with Gasteiger partial charge < -0.3 is 9.47 Å². The van der Waals surface area contributed by atoms with Gasteiger partial charge in [0.2, 0.25) is 0 Å². The van der Waals surface area contributed by atoms with Crippen molar-refractivity contribution in [3.8, 4) is 0 Å². The number of hydrogen-bond donors (Lipinski definition) is 0. The van der Waals surface area contributed by atoms with E-state index < -0.39 is 5.60 Å². The van der Waals surface area contributed by atoms with Gasteiger partial charge in [-0.25, -0.2) is 4.79 Å². The van der Waals surface area contributed by atoms with Gasteiger partial charge in [0.15, 0.2) is 0 Å². The van der Waals surface area contributed by atoms with Crippen molar-refractivity contribution in [1.29, 1.82) is 0 Å². The highest BCUT2D eigenvalue weighted by Gasteiger charge is 2.40. The molecular weight excluding hydrogens is 218 g/mol. The largest absolute Gasteiger partial charge is 0.444 e. The summed E-state index contributed by atoms with van der Waals surface area (Å²) in [7, 11) is 0. The van der Waals surface area contributed by atoms with Crippen LogP contribution in [0, 0.1) is 0 Å². The Morgan fingerprint density at radius 2 is 2.18 bits per heavy atom. The maximum atomic E-state index is 12.1. The molecule has 1 fully saturated rings. The van der Waals surface area contributed by atoms with Crippen molar-refractivity contribution in [2.45, 2.75) is 64.5 Å². The van der Waals surface area contributed by atoms with E-state index in [0.29, 0.717) is 0 Å². The molecule has 0 aromatic rings. The number of ether oxygens (including phenoxy) is 2. The van der Waals surface area contributed by atoms with Gasteiger partial charge in [-0.2, -0.15) is 0 Å². The fraction of sp³-hybridized carbons (Fsp3) is 0.769. The second kappa shape index (κ2) is 4.33. The third-order valence-electron chi connectivity index (χ3n) is 2.93. The van der Waals surface area contributed by atoms with Crippen LogP contribution in [-0.2, 0) is 9.47 Å². The van der Waals surface area contributed by atoms with Crippen molar-refractivity contribution < 1.29 is 14.3 Å². The van der Waals surface area contributed by atoms with E-state index >= 15 is 0 Å².